The Bertz CT molecular complexity index is 519. The standard InChI is InChI=1S/C13H15BrN2O3/c1-9(17)10-3-2-6-15(8-10)13-7-11(14)4-5-12(13)16(18)19/h4-5,7,10H,2-3,6,8H2,1H3. The van der Waals surface area contributed by atoms with Crippen LogP contribution >= 0.6 is 15.9 Å². The molecule has 6 heteroatoms. The fourth-order valence-electron chi connectivity index (χ4n) is 2.43. The summed E-state index contributed by atoms with van der Waals surface area (Å²) in [4.78, 5) is 24.1. The number of ketones is 1. The SMILES string of the molecule is CC(=O)C1CCCN(c2cc(Br)ccc2[N+](=O)[O-])C1. The van der Waals surface area contributed by atoms with Gasteiger partial charge in [0.1, 0.15) is 11.5 Å². The Morgan fingerprint density at radius 1 is 1.53 bits per heavy atom. The molecule has 0 aliphatic carbocycles. The molecule has 1 aromatic rings. The average Bonchev–Trinajstić information content (AvgIpc) is 2.38. The quantitative estimate of drug-likeness (QED) is 0.632. The Hall–Kier alpha value is -1.43. The predicted octanol–water partition coefficient (Wildman–Crippen LogP) is 3.16. The number of piperidine rings is 1. The third-order valence-corrected chi connectivity index (χ3v) is 3.96. The zero-order valence-corrected chi connectivity index (χ0v) is 12.2. The van der Waals surface area contributed by atoms with Gasteiger partial charge in [0.05, 0.1) is 4.92 Å². The number of hydrogen-bond acceptors (Lipinski definition) is 4. The Kier molecular flexibility index (Phi) is 4.19. The third kappa shape index (κ3) is 3.12. The lowest BCUT2D eigenvalue weighted by Crippen LogP contribution is -2.38. The molecule has 1 saturated heterocycles. The lowest BCUT2D eigenvalue weighted by atomic mass is 9.94. The number of nitro groups is 1. The van der Waals surface area contributed by atoms with Gasteiger partial charge >= 0.3 is 0 Å². The molecule has 1 aliphatic rings. The van der Waals surface area contributed by atoms with Gasteiger partial charge in [-0.15, -0.1) is 0 Å². The van der Waals surface area contributed by atoms with Crippen molar-refractivity contribution < 1.29 is 9.72 Å². The molecule has 0 radical (unpaired) electrons. The molecule has 2 rings (SSSR count). The molecule has 102 valence electrons. The third-order valence-electron chi connectivity index (χ3n) is 3.47. The van der Waals surface area contributed by atoms with Gasteiger partial charge < -0.3 is 4.90 Å². The van der Waals surface area contributed by atoms with Crippen LogP contribution in [0.5, 0.6) is 0 Å². The van der Waals surface area contributed by atoms with Crippen LogP contribution in [-0.2, 0) is 4.79 Å². The van der Waals surface area contributed by atoms with Crippen molar-refractivity contribution in [3.63, 3.8) is 0 Å². The first-order chi connectivity index (χ1) is 8.99. The number of nitrogens with zero attached hydrogens (tertiary/aromatic N) is 2. The average molecular weight is 327 g/mol. The van der Waals surface area contributed by atoms with Crippen molar-refractivity contribution in [2.75, 3.05) is 18.0 Å². The summed E-state index contributed by atoms with van der Waals surface area (Å²) >= 11 is 3.34. The van der Waals surface area contributed by atoms with Gasteiger partial charge in [-0.3, -0.25) is 14.9 Å². The number of Topliss-reactive ketones (excluding diaryl/α,β-unsaturated/α-hetero) is 1. The number of halogens is 1. The monoisotopic (exact) mass is 326 g/mol. The topological polar surface area (TPSA) is 63.5 Å². The van der Waals surface area contributed by atoms with Gasteiger partial charge in [0.15, 0.2) is 0 Å². The van der Waals surface area contributed by atoms with Gasteiger partial charge in [-0.05, 0) is 31.9 Å². The molecule has 19 heavy (non-hydrogen) atoms. The smallest absolute Gasteiger partial charge is 0.292 e. The van der Waals surface area contributed by atoms with Crippen LogP contribution in [0.1, 0.15) is 19.8 Å². The summed E-state index contributed by atoms with van der Waals surface area (Å²) in [7, 11) is 0. The van der Waals surface area contributed by atoms with E-state index in [-0.39, 0.29) is 22.3 Å². The fourth-order valence-corrected chi connectivity index (χ4v) is 2.78. The first kappa shape index (κ1) is 14.0. The highest BCUT2D eigenvalue weighted by atomic mass is 79.9. The van der Waals surface area contributed by atoms with Crippen LogP contribution in [-0.4, -0.2) is 23.8 Å². The maximum Gasteiger partial charge on any atom is 0.292 e. The second kappa shape index (κ2) is 5.69. The minimum atomic E-state index is -0.376. The summed E-state index contributed by atoms with van der Waals surface area (Å²) < 4.78 is 0.804. The molecule has 0 saturated carbocycles. The van der Waals surface area contributed by atoms with E-state index in [9.17, 15) is 14.9 Å². The van der Waals surface area contributed by atoms with Crippen LogP contribution in [0.4, 0.5) is 11.4 Å². The van der Waals surface area contributed by atoms with Gasteiger partial charge in [-0.1, -0.05) is 15.9 Å². The van der Waals surface area contributed by atoms with E-state index >= 15 is 0 Å². The molecule has 1 aromatic carbocycles. The molecule has 1 heterocycles. The van der Waals surface area contributed by atoms with Gasteiger partial charge in [0.25, 0.3) is 5.69 Å². The highest BCUT2D eigenvalue weighted by Crippen LogP contribution is 2.34. The van der Waals surface area contributed by atoms with Crippen molar-refractivity contribution in [1.29, 1.82) is 0 Å². The van der Waals surface area contributed by atoms with Crippen molar-refractivity contribution in [2.24, 2.45) is 5.92 Å². The van der Waals surface area contributed by atoms with Crippen LogP contribution in [0.2, 0.25) is 0 Å². The first-order valence-electron chi connectivity index (χ1n) is 6.18. The molecule has 0 aromatic heterocycles. The maximum absolute atomic E-state index is 11.5. The Morgan fingerprint density at radius 3 is 2.89 bits per heavy atom. The lowest BCUT2D eigenvalue weighted by molar-refractivity contribution is -0.384. The van der Waals surface area contributed by atoms with Crippen molar-refractivity contribution in [1.82, 2.24) is 0 Å². The second-order valence-electron chi connectivity index (χ2n) is 4.79. The molecule has 5 nitrogen and oxygen atoms in total. The maximum atomic E-state index is 11.5. The van der Waals surface area contributed by atoms with Gasteiger partial charge in [0.2, 0.25) is 0 Å². The normalized spacial score (nSPS) is 19.3. The summed E-state index contributed by atoms with van der Waals surface area (Å²) in [6.07, 6.45) is 1.75. The Balaban J connectivity index is 2.32. The van der Waals surface area contributed by atoms with E-state index in [1.165, 1.54) is 6.07 Å². The summed E-state index contributed by atoms with van der Waals surface area (Å²) in [5.41, 5.74) is 0.678. The molecule has 1 atom stereocenters. The highest BCUT2D eigenvalue weighted by molar-refractivity contribution is 9.10. The second-order valence-corrected chi connectivity index (χ2v) is 5.70. The van der Waals surface area contributed by atoms with E-state index < -0.39 is 0 Å². The van der Waals surface area contributed by atoms with E-state index in [2.05, 4.69) is 15.9 Å². The summed E-state index contributed by atoms with van der Waals surface area (Å²) in [6, 6.07) is 4.91. The van der Waals surface area contributed by atoms with E-state index in [1.807, 2.05) is 4.90 Å². The number of rotatable bonds is 3. The molecule has 1 unspecified atom stereocenters. The molecule has 1 aliphatic heterocycles. The van der Waals surface area contributed by atoms with Crippen LogP contribution in [0.15, 0.2) is 22.7 Å². The molecular formula is C13H15BrN2O3. The first-order valence-corrected chi connectivity index (χ1v) is 6.97. The number of benzene rings is 1. The molecule has 1 fully saturated rings. The zero-order valence-electron chi connectivity index (χ0n) is 10.6. The van der Waals surface area contributed by atoms with Crippen molar-refractivity contribution in [2.45, 2.75) is 19.8 Å². The van der Waals surface area contributed by atoms with Crippen LogP contribution in [0, 0.1) is 16.0 Å². The zero-order chi connectivity index (χ0) is 14.0. The van der Waals surface area contributed by atoms with Gasteiger partial charge in [0, 0.05) is 29.5 Å². The molecule has 0 amide bonds. The van der Waals surface area contributed by atoms with E-state index in [0.29, 0.717) is 12.2 Å². The number of hydrogen-bond donors (Lipinski definition) is 0. The fraction of sp³-hybridized carbons (Fsp3) is 0.462. The highest BCUT2D eigenvalue weighted by Gasteiger charge is 2.27. The summed E-state index contributed by atoms with van der Waals surface area (Å²) in [5.74, 6) is 0.134. The van der Waals surface area contributed by atoms with Crippen molar-refractivity contribution >= 4 is 33.1 Å². The van der Waals surface area contributed by atoms with Gasteiger partial charge in [-0.2, -0.15) is 0 Å². The number of carbonyl (C=O) groups is 1. The Morgan fingerprint density at radius 2 is 2.26 bits per heavy atom. The summed E-state index contributed by atoms with van der Waals surface area (Å²) in [6.45, 7) is 2.90. The minimum absolute atomic E-state index is 0.0210. The van der Waals surface area contributed by atoms with Crippen LogP contribution in [0.25, 0.3) is 0 Å². The van der Waals surface area contributed by atoms with Gasteiger partial charge in [-0.25, -0.2) is 0 Å². The van der Waals surface area contributed by atoms with Crippen LogP contribution in [0.3, 0.4) is 0 Å². The molecule has 0 N–H and O–H groups in total. The molecule has 0 bridgehead atoms. The molecule has 0 spiro atoms. The van der Waals surface area contributed by atoms with E-state index in [0.717, 1.165) is 23.9 Å². The Labute approximate surface area is 119 Å². The largest absolute Gasteiger partial charge is 0.365 e. The van der Waals surface area contributed by atoms with E-state index in [1.54, 1.807) is 19.1 Å². The number of anilines is 1. The number of nitro benzene ring substituents is 1. The molecular weight excluding hydrogens is 312 g/mol. The number of carbonyl (C=O) groups excluding carboxylic acids is 1. The lowest BCUT2D eigenvalue weighted by Gasteiger charge is -2.33. The minimum Gasteiger partial charge on any atom is -0.365 e. The van der Waals surface area contributed by atoms with Crippen LogP contribution < -0.4 is 4.90 Å². The predicted molar refractivity (Wildman–Crippen MR) is 76.4 cm³/mol. The van der Waals surface area contributed by atoms with E-state index in [4.69, 9.17) is 0 Å². The van der Waals surface area contributed by atoms with Crippen molar-refractivity contribution in [3.05, 3.63) is 32.8 Å². The summed E-state index contributed by atoms with van der Waals surface area (Å²) in [5, 5.41) is 11.1. The van der Waals surface area contributed by atoms with Crippen molar-refractivity contribution in [3.8, 4) is 0 Å².